The minimum Gasteiger partial charge on any atom is -0.480 e. The van der Waals surface area contributed by atoms with Gasteiger partial charge >= 0.3 is 5.97 Å². The largest absolute Gasteiger partial charge is 0.480 e. The summed E-state index contributed by atoms with van der Waals surface area (Å²) in [5.74, 6) is -2.63. The third kappa shape index (κ3) is 4.74. The van der Waals surface area contributed by atoms with Crippen LogP contribution < -0.4 is 0 Å². The smallest absolute Gasteiger partial charge is 0.318 e. The van der Waals surface area contributed by atoms with Gasteiger partial charge in [-0.15, -0.1) is 11.1 Å². The molecule has 1 aliphatic heterocycles. The minimum absolute atomic E-state index is 0. The second kappa shape index (κ2) is 10.6. The van der Waals surface area contributed by atoms with E-state index in [9.17, 15) is 9.90 Å². The Hall–Kier alpha value is -3.99. The molecule has 5 nitrogen and oxygen atoms in total. The van der Waals surface area contributed by atoms with Gasteiger partial charge in [-0.25, -0.2) is 0 Å². The van der Waals surface area contributed by atoms with Crippen molar-refractivity contribution in [2.24, 2.45) is 0 Å². The van der Waals surface area contributed by atoms with Crippen molar-refractivity contribution in [2.45, 2.75) is 17.8 Å². The number of carboxylic acid groups (broad SMARTS) is 1. The maximum Gasteiger partial charge on any atom is 0.318 e. The van der Waals surface area contributed by atoms with E-state index < -0.39 is 11.9 Å². The average molecular weight is 660 g/mol. The number of rotatable bonds is 3. The topological polar surface area (TPSA) is 76.0 Å². The van der Waals surface area contributed by atoms with Crippen LogP contribution in [-0.2, 0) is 24.9 Å². The fourth-order valence-corrected chi connectivity index (χ4v) is 4.89. The van der Waals surface area contributed by atoms with Crippen molar-refractivity contribution in [1.82, 2.24) is 15.0 Å². The third-order valence-corrected chi connectivity index (χ3v) is 6.49. The van der Waals surface area contributed by atoms with E-state index in [1.54, 1.807) is 12.1 Å². The molecule has 3 aromatic heterocycles. The van der Waals surface area contributed by atoms with Crippen LogP contribution in [-0.4, -0.2) is 26.0 Å². The van der Waals surface area contributed by atoms with E-state index in [1.807, 2.05) is 91.0 Å². The molecule has 1 N–H and O–H groups in total. The van der Waals surface area contributed by atoms with Crippen molar-refractivity contribution in [3.8, 4) is 0 Å². The van der Waals surface area contributed by atoms with Crippen LogP contribution in [0.1, 0.15) is 63.0 Å². The molecule has 183 valence electrons. The van der Waals surface area contributed by atoms with Crippen LogP contribution in [0.15, 0.2) is 103 Å². The van der Waals surface area contributed by atoms with Crippen LogP contribution in [0.25, 0.3) is 0 Å². The Labute approximate surface area is 228 Å². The number of hydrogen-bond donors (Lipinski definition) is 1. The fourth-order valence-electron chi connectivity index (χ4n) is 4.89. The Bertz CT molecular complexity index is 1440. The molecule has 0 fully saturated rings. The Morgan fingerprint density at radius 1 is 0.568 bits per heavy atom. The summed E-state index contributed by atoms with van der Waals surface area (Å²) < 4.78 is 0. The maximum absolute atomic E-state index is 12.5. The minimum atomic E-state index is -1.00. The van der Waals surface area contributed by atoms with E-state index in [0.717, 1.165) is 22.5 Å². The quantitative estimate of drug-likeness (QED) is 0.264. The zero-order chi connectivity index (χ0) is 24.5. The number of hydrogen-bond acceptors (Lipinski definition) is 4. The molecular formula is C31H21IrN3O2-2. The molecule has 1 radical (unpaired) electrons. The van der Waals surface area contributed by atoms with Gasteiger partial charge in [-0.05, 0) is 36.4 Å². The van der Waals surface area contributed by atoms with Crippen LogP contribution in [0.4, 0.5) is 0 Å². The van der Waals surface area contributed by atoms with Gasteiger partial charge in [0.25, 0.3) is 0 Å². The van der Waals surface area contributed by atoms with Crippen LogP contribution in [0, 0.1) is 12.1 Å². The summed E-state index contributed by atoms with van der Waals surface area (Å²) in [6, 6.07) is 39.2. The molecule has 4 heterocycles. The second-order valence-corrected chi connectivity index (χ2v) is 8.74. The monoisotopic (exact) mass is 660 g/mol. The fraction of sp³-hybridized carbons (Fsp3) is 0.0968. The van der Waals surface area contributed by atoms with E-state index >= 15 is 0 Å². The molecule has 6 bridgehead atoms. The molecular weight excluding hydrogens is 639 g/mol. The first-order valence-corrected chi connectivity index (χ1v) is 11.8. The molecule has 0 saturated carbocycles. The van der Waals surface area contributed by atoms with Crippen LogP contribution in [0.3, 0.4) is 0 Å². The normalized spacial score (nSPS) is 18.0. The number of nitrogens with zero attached hydrogens (tertiary/aromatic N) is 3. The van der Waals surface area contributed by atoms with Gasteiger partial charge in [-0.1, -0.05) is 18.2 Å². The summed E-state index contributed by atoms with van der Waals surface area (Å²) in [4.78, 5) is 27.4. The maximum atomic E-state index is 12.5. The average Bonchev–Trinajstić information content (AvgIpc) is 2.91. The Morgan fingerprint density at radius 2 is 0.946 bits per heavy atom. The predicted octanol–water partition coefficient (Wildman–Crippen LogP) is 5.36. The Balaban J connectivity index is 0.00000280. The molecule has 0 aliphatic carbocycles. The number of aliphatic carboxylic acids is 1. The predicted molar refractivity (Wildman–Crippen MR) is 135 cm³/mol. The van der Waals surface area contributed by atoms with Crippen molar-refractivity contribution >= 4 is 5.97 Å². The van der Waals surface area contributed by atoms with E-state index in [0.29, 0.717) is 22.8 Å². The summed E-state index contributed by atoms with van der Waals surface area (Å²) in [6.45, 7) is 0. The van der Waals surface area contributed by atoms with Crippen molar-refractivity contribution in [2.75, 3.05) is 0 Å². The molecule has 2 atom stereocenters. The zero-order valence-corrected chi connectivity index (χ0v) is 22.0. The molecule has 2 unspecified atom stereocenters. The Morgan fingerprint density at radius 3 is 1.30 bits per heavy atom. The number of carbonyl (C=O) groups is 1. The molecule has 2 aromatic carbocycles. The molecule has 1 aliphatic rings. The first-order valence-electron chi connectivity index (χ1n) is 11.8. The van der Waals surface area contributed by atoms with Gasteiger partial charge in [-0.2, -0.15) is 60.7 Å². The van der Waals surface area contributed by atoms with Crippen LogP contribution in [0.2, 0.25) is 0 Å². The molecule has 37 heavy (non-hydrogen) atoms. The van der Waals surface area contributed by atoms with E-state index in [1.165, 1.54) is 0 Å². The second-order valence-electron chi connectivity index (χ2n) is 8.74. The van der Waals surface area contributed by atoms with Crippen LogP contribution in [0.5, 0.6) is 0 Å². The number of pyridine rings is 3. The van der Waals surface area contributed by atoms with Crippen molar-refractivity contribution in [3.63, 3.8) is 0 Å². The zero-order valence-electron chi connectivity index (χ0n) is 19.6. The number of benzene rings is 2. The van der Waals surface area contributed by atoms with E-state index in [-0.39, 0.29) is 31.9 Å². The number of fused-ring (bicyclic) bond motifs is 6. The van der Waals surface area contributed by atoms with E-state index in [4.69, 9.17) is 15.0 Å². The molecule has 0 saturated heterocycles. The summed E-state index contributed by atoms with van der Waals surface area (Å²) in [7, 11) is 0. The van der Waals surface area contributed by atoms with Gasteiger partial charge in [0.1, 0.15) is 5.92 Å². The third-order valence-electron chi connectivity index (χ3n) is 6.49. The molecule has 5 aromatic rings. The van der Waals surface area contributed by atoms with Gasteiger partial charge in [0.2, 0.25) is 0 Å². The summed E-state index contributed by atoms with van der Waals surface area (Å²) in [5.41, 5.74) is 5.74. The van der Waals surface area contributed by atoms with Gasteiger partial charge < -0.3 is 5.11 Å². The molecule has 6 rings (SSSR count). The number of aromatic nitrogens is 3. The SMILES string of the molecule is O=C(O)C1c2cccc(n2)C(c2[c-]cccc2)c2cccc(n2)C(c2[c-]cccc2)c2cccc1n2.[Ir]. The Kier molecular flexibility index (Phi) is 7.04. The van der Waals surface area contributed by atoms with Gasteiger partial charge in [0, 0.05) is 31.9 Å². The molecule has 0 amide bonds. The first-order chi connectivity index (χ1) is 17.7. The van der Waals surface area contributed by atoms with Gasteiger partial charge in [-0.3, -0.25) is 19.7 Å². The first kappa shape index (κ1) is 24.7. The van der Waals surface area contributed by atoms with Crippen molar-refractivity contribution in [1.29, 1.82) is 0 Å². The van der Waals surface area contributed by atoms with Crippen molar-refractivity contribution < 1.29 is 30.0 Å². The van der Waals surface area contributed by atoms with Gasteiger partial charge in [0.05, 0.1) is 34.2 Å². The standard InChI is InChI=1S/C31H21N3O2.Ir/c35-31(36)30-26-18-8-16-24(33-26)28(20-10-3-1-4-11-20)22-14-7-15-23(32-22)29(21-12-5-2-6-13-21)25-17-9-19-27(30)34-25;/h1-10,12,14-19,28-30H,(H,35,36);/q-2;. The van der Waals surface area contributed by atoms with Crippen LogP contribution >= 0.6 is 0 Å². The van der Waals surface area contributed by atoms with E-state index in [2.05, 4.69) is 12.1 Å². The summed E-state index contributed by atoms with van der Waals surface area (Å²) in [5, 5.41) is 10.3. The van der Waals surface area contributed by atoms with Gasteiger partial charge in [0.15, 0.2) is 0 Å². The van der Waals surface area contributed by atoms with Crippen molar-refractivity contribution in [3.05, 3.63) is 161 Å². The summed E-state index contributed by atoms with van der Waals surface area (Å²) in [6.07, 6.45) is 0. The summed E-state index contributed by atoms with van der Waals surface area (Å²) >= 11 is 0. The molecule has 6 heteroatoms. The number of carboxylic acids is 1. The molecule has 0 spiro atoms.